The molecule has 10 atom stereocenters. The summed E-state index contributed by atoms with van der Waals surface area (Å²) in [5.74, 6) is 2.21. The highest BCUT2D eigenvalue weighted by molar-refractivity contribution is 5.82. The van der Waals surface area contributed by atoms with Crippen LogP contribution in [0.4, 0.5) is 0 Å². The van der Waals surface area contributed by atoms with Gasteiger partial charge in [-0.2, -0.15) is 0 Å². The second-order valence-electron chi connectivity index (χ2n) is 15.2. The number of rotatable bonds is 1. The maximum absolute atomic E-state index is 12.7. The van der Waals surface area contributed by atoms with Crippen molar-refractivity contribution in [3.8, 4) is 0 Å². The Morgan fingerprint density at radius 1 is 0.788 bits per heavy atom. The topological polar surface area (TPSA) is 57.5 Å². The SMILES string of the molecule is CC1C(=O)CCC2C1(C)CCC1C2(C)CCC2(C)C3CC(C)(C)CCC3(CO)C(O)CC12C. The van der Waals surface area contributed by atoms with Gasteiger partial charge >= 0.3 is 0 Å². The maximum Gasteiger partial charge on any atom is 0.136 e. The first-order valence-corrected chi connectivity index (χ1v) is 14.0. The van der Waals surface area contributed by atoms with Gasteiger partial charge in [0.25, 0.3) is 0 Å². The molecule has 0 saturated heterocycles. The fourth-order valence-corrected chi connectivity index (χ4v) is 11.3. The number of hydrogen-bond acceptors (Lipinski definition) is 3. The van der Waals surface area contributed by atoms with E-state index in [1.165, 1.54) is 19.3 Å². The Kier molecular flexibility index (Phi) is 5.22. The molecule has 0 aromatic rings. The Bertz CT molecular complexity index is 834. The van der Waals surface area contributed by atoms with E-state index in [0.29, 0.717) is 23.5 Å². The van der Waals surface area contributed by atoms with Gasteiger partial charge in [-0.3, -0.25) is 4.79 Å². The fourth-order valence-electron chi connectivity index (χ4n) is 11.3. The van der Waals surface area contributed by atoms with Crippen molar-refractivity contribution in [2.75, 3.05) is 6.61 Å². The quantitative estimate of drug-likeness (QED) is 0.478. The zero-order chi connectivity index (χ0) is 24.2. The number of carbonyl (C=O) groups is 1. The van der Waals surface area contributed by atoms with Gasteiger partial charge in [0.1, 0.15) is 5.78 Å². The van der Waals surface area contributed by atoms with Crippen LogP contribution in [0.25, 0.3) is 0 Å². The van der Waals surface area contributed by atoms with E-state index in [9.17, 15) is 15.0 Å². The first-order valence-electron chi connectivity index (χ1n) is 14.0. The zero-order valence-electron chi connectivity index (χ0n) is 22.5. The lowest BCUT2D eigenvalue weighted by Crippen LogP contribution is -2.71. The number of hydrogen-bond donors (Lipinski definition) is 2. The van der Waals surface area contributed by atoms with E-state index in [-0.39, 0.29) is 45.0 Å². The first-order chi connectivity index (χ1) is 15.2. The molecule has 5 aliphatic carbocycles. The maximum atomic E-state index is 12.7. The summed E-state index contributed by atoms with van der Waals surface area (Å²) in [6, 6.07) is 0. The van der Waals surface area contributed by atoms with E-state index in [4.69, 9.17) is 0 Å². The Morgan fingerprint density at radius 2 is 1.48 bits per heavy atom. The summed E-state index contributed by atoms with van der Waals surface area (Å²) in [5.41, 5.74) is 0.518. The molecule has 0 aromatic carbocycles. The van der Waals surface area contributed by atoms with E-state index in [2.05, 4.69) is 48.5 Å². The Hall–Kier alpha value is -0.410. The zero-order valence-corrected chi connectivity index (χ0v) is 22.5. The van der Waals surface area contributed by atoms with Crippen LogP contribution in [0.3, 0.4) is 0 Å². The molecule has 5 rings (SSSR count). The number of carbonyl (C=O) groups excluding carboxylic acids is 1. The van der Waals surface area contributed by atoms with Crippen LogP contribution in [0.5, 0.6) is 0 Å². The second-order valence-corrected chi connectivity index (χ2v) is 15.2. The van der Waals surface area contributed by atoms with Crippen molar-refractivity contribution in [2.24, 2.45) is 56.2 Å². The standard InChI is InChI=1S/C30H50O3/c1-19-20(32)8-9-21-26(19,4)11-10-22-27(21,5)13-14-28(6)23-16-25(2,3)12-15-30(23,18-31)24(33)17-29(22,28)7/h19,21-24,31,33H,8-18H2,1-7H3. The second kappa shape index (κ2) is 7.09. The average molecular weight is 459 g/mol. The summed E-state index contributed by atoms with van der Waals surface area (Å²) in [6.45, 7) is 17.2. The van der Waals surface area contributed by atoms with Crippen LogP contribution in [0.1, 0.15) is 113 Å². The Morgan fingerprint density at radius 3 is 2.15 bits per heavy atom. The van der Waals surface area contributed by atoms with Crippen LogP contribution >= 0.6 is 0 Å². The van der Waals surface area contributed by atoms with Crippen molar-refractivity contribution in [3.05, 3.63) is 0 Å². The Labute approximate surface area is 202 Å². The smallest absolute Gasteiger partial charge is 0.136 e. The van der Waals surface area contributed by atoms with E-state index in [1.54, 1.807) is 0 Å². The van der Waals surface area contributed by atoms with E-state index in [1.807, 2.05) is 0 Å². The summed E-state index contributed by atoms with van der Waals surface area (Å²) in [7, 11) is 0. The van der Waals surface area contributed by atoms with Crippen molar-refractivity contribution in [2.45, 2.75) is 119 Å². The monoisotopic (exact) mass is 458 g/mol. The Balaban J connectivity index is 1.58. The molecule has 0 heterocycles. The molecular weight excluding hydrogens is 408 g/mol. The molecule has 3 heteroatoms. The number of fused-ring (bicyclic) bond motifs is 7. The third kappa shape index (κ3) is 2.85. The normalized spacial score (nSPS) is 58.0. The summed E-state index contributed by atoms with van der Waals surface area (Å²) in [5, 5.41) is 22.5. The average Bonchev–Trinajstić information content (AvgIpc) is 2.73. The van der Waals surface area contributed by atoms with Crippen LogP contribution in [-0.2, 0) is 4.79 Å². The van der Waals surface area contributed by atoms with Crippen LogP contribution in [-0.4, -0.2) is 28.7 Å². The van der Waals surface area contributed by atoms with E-state index >= 15 is 0 Å². The molecule has 0 aliphatic heterocycles. The molecule has 0 radical (unpaired) electrons. The molecule has 5 saturated carbocycles. The molecule has 3 nitrogen and oxygen atoms in total. The molecule has 0 spiro atoms. The van der Waals surface area contributed by atoms with Crippen LogP contribution < -0.4 is 0 Å². The lowest BCUT2D eigenvalue weighted by Gasteiger charge is -2.75. The van der Waals surface area contributed by atoms with Gasteiger partial charge in [-0.25, -0.2) is 0 Å². The molecule has 5 fully saturated rings. The highest BCUT2D eigenvalue weighted by Gasteiger charge is 2.73. The molecule has 0 amide bonds. The van der Waals surface area contributed by atoms with E-state index in [0.717, 1.165) is 44.9 Å². The first kappa shape index (κ1) is 24.3. The third-order valence-corrected chi connectivity index (χ3v) is 13.8. The van der Waals surface area contributed by atoms with Gasteiger partial charge in [0.05, 0.1) is 12.7 Å². The predicted molar refractivity (Wildman–Crippen MR) is 133 cm³/mol. The van der Waals surface area contributed by atoms with Crippen LogP contribution in [0.15, 0.2) is 0 Å². The highest BCUT2D eigenvalue weighted by atomic mass is 16.3. The van der Waals surface area contributed by atoms with Gasteiger partial charge < -0.3 is 10.2 Å². The lowest BCUT2D eigenvalue weighted by atomic mass is 9.29. The molecule has 2 N–H and O–H groups in total. The largest absolute Gasteiger partial charge is 0.396 e. The summed E-state index contributed by atoms with van der Waals surface area (Å²) >= 11 is 0. The number of Topliss-reactive ketones (excluding diaryl/α,β-unsaturated/α-hetero) is 1. The van der Waals surface area contributed by atoms with Gasteiger partial charge in [0.2, 0.25) is 0 Å². The minimum atomic E-state index is -0.413. The minimum absolute atomic E-state index is 0.0716. The molecule has 33 heavy (non-hydrogen) atoms. The molecule has 0 bridgehead atoms. The summed E-state index contributed by atoms with van der Waals surface area (Å²) in [6.07, 6.45) is 10.2. The highest BCUT2D eigenvalue weighted by Crippen LogP contribution is 2.78. The van der Waals surface area contributed by atoms with Crippen molar-refractivity contribution in [3.63, 3.8) is 0 Å². The van der Waals surface area contributed by atoms with E-state index < -0.39 is 6.10 Å². The fraction of sp³-hybridized carbons (Fsp3) is 0.967. The summed E-state index contributed by atoms with van der Waals surface area (Å²) in [4.78, 5) is 12.7. The number of aliphatic hydroxyl groups excluding tert-OH is 2. The van der Waals surface area contributed by atoms with Crippen molar-refractivity contribution < 1.29 is 15.0 Å². The van der Waals surface area contributed by atoms with Crippen LogP contribution in [0, 0.1) is 56.2 Å². The predicted octanol–water partition coefficient (Wildman–Crippen LogP) is 6.40. The van der Waals surface area contributed by atoms with Crippen LogP contribution in [0.2, 0.25) is 0 Å². The third-order valence-electron chi connectivity index (χ3n) is 13.8. The summed E-state index contributed by atoms with van der Waals surface area (Å²) < 4.78 is 0. The van der Waals surface area contributed by atoms with Gasteiger partial charge in [-0.05, 0) is 103 Å². The van der Waals surface area contributed by atoms with Gasteiger partial charge in [0.15, 0.2) is 0 Å². The van der Waals surface area contributed by atoms with Crippen molar-refractivity contribution in [1.82, 2.24) is 0 Å². The molecule has 10 unspecified atom stereocenters. The molecule has 0 aromatic heterocycles. The number of ketones is 1. The van der Waals surface area contributed by atoms with Crippen molar-refractivity contribution in [1.29, 1.82) is 0 Å². The molecular formula is C30H50O3. The van der Waals surface area contributed by atoms with Gasteiger partial charge in [-0.1, -0.05) is 48.5 Å². The molecule has 5 aliphatic rings. The van der Waals surface area contributed by atoms with Gasteiger partial charge in [0, 0.05) is 17.8 Å². The van der Waals surface area contributed by atoms with Gasteiger partial charge in [-0.15, -0.1) is 0 Å². The van der Waals surface area contributed by atoms with Crippen molar-refractivity contribution >= 4 is 5.78 Å². The number of aliphatic hydroxyl groups is 2. The molecule has 188 valence electrons. The minimum Gasteiger partial charge on any atom is -0.396 e. The lowest BCUT2D eigenvalue weighted by molar-refractivity contribution is -0.289.